The molecule has 5 heteroatoms. The van der Waals surface area contributed by atoms with Gasteiger partial charge < -0.3 is 5.32 Å². The van der Waals surface area contributed by atoms with Gasteiger partial charge in [0.25, 0.3) is 0 Å². The number of aromatic nitrogens is 2. The lowest BCUT2D eigenvalue weighted by Gasteiger charge is -2.04. The van der Waals surface area contributed by atoms with Crippen molar-refractivity contribution >= 4 is 29.2 Å². The summed E-state index contributed by atoms with van der Waals surface area (Å²) in [5, 5.41) is 4.90. The maximum absolute atomic E-state index is 5.85. The molecule has 0 saturated heterocycles. The zero-order valence-electron chi connectivity index (χ0n) is 10.1. The average molecular weight is 280 g/mol. The molecular weight excluding hydrogens is 266 g/mol. The number of thioether (sulfide) groups is 1. The Morgan fingerprint density at radius 3 is 2.72 bits per heavy atom. The van der Waals surface area contributed by atoms with Gasteiger partial charge >= 0.3 is 0 Å². The van der Waals surface area contributed by atoms with Crippen molar-refractivity contribution in [2.45, 2.75) is 17.7 Å². The van der Waals surface area contributed by atoms with Crippen molar-refractivity contribution in [2.24, 2.45) is 0 Å². The largest absolute Gasteiger partial charge is 0.370 e. The van der Waals surface area contributed by atoms with Crippen LogP contribution in [-0.2, 0) is 5.75 Å². The standard InChI is InChI=1S/C13H14ClN3S/c1-2-15-12-7-13(17-9-16-12)18-8-10-3-5-11(14)6-4-10/h3-7,9H,2,8H2,1H3,(H,15,16,17). The Balaban J connectivity index is 1.97. The predicted octanol–water partition coefficient (Wildman–Crippen LogP) is 3.85. The Hall–Kier alpha value is -1.26. The molecule has 2 rings (SSSR count). The van der Waals surface area contributed by atoms with Crippen LogP contribution in [-0.4, -0.2) is 16.5 Å². The molecule has 0 amide bonds. The van der Waals surface area contributed by atoms with E-state index in [-0.39, 0.29) is 0 Å². The van der Waals surface area contributed by atoms with E-state index in [0.717, 1.165) is 28.2 Å². The summed E-state index contributed by atoms with van der Waals surface area (Å²) in [6.45, 7) is 2.90. The normalized spacial score (nSPS) is 10.3. The lowest BCUT2D eigenvalue weighted by Crippen LogP contribution is -1.99. The van der Waals surface area contributed by atoms with Crippen molar-refractivity contribution in [1.29, 1.82) is 0 Å². The van der Waals surface area contributed by atoms with E-state index in [1.807, 2.05) is 37.3 Å². The van der Waals surface area contributed by atoms with E-state index in [9.17, 15) is 0 Å². The number of hydrogen-bond donors (Lipinski definition) is 1. The highest BCUT2D eigenvalue weighted by atomic mass is 35.5. The highest BCUT2D eigenvalue weighted by Crippen LogP contribution is 2.22. The molecule has 1 aromatic carbocycles. The SMILES string of the molecule is CCNc1cc(SCc2ccc(Cl)cc2)ncn1. The quantitative estimate of drug-likeness (QED) is 0.666. The number of hydrogen-bond acceptors (Lipinski definition) is 4. The molecule has 0 atom stereocenters. The highest BCUT2D eigenvalue weighted by Gasteiger charge is 2.00. The summed E-state index contributed by atoms with van der Waals surface area (Å²) in [5.41, 5.74) is 1.23. The summed E-state index contributed by atoms with van der Waals surface area (Å²) >= 11 is 7.53. The van der Waals surface area contributed by atoms with Gasteiger partial charge in [-0.1, -0.05) is 23.7 Å². The van der Waals surface area contributed by atoms with Gasteiger partial charge in [-0.15, -0.1) is 11.8 Å². The molecule has 0 aliphatic carbocycles. The minimum absolute atomic E-state index is 0.764. The Morgan fingerprint density at radius 1 is 1.22 bits per heavy atom. The van der Waals surface area contributed by atoms with Crippen LogP contribution >= 0.6 is 23.4 Å². The molecule has 0 saturated carbocycles. The summed E-state index contributed by atoms with van der Waals surface area (Å²) in [7, 11) is 0. The van der Waals surface area contributed by atoms with Crippen LogP contribution < -0.4 is 5.32 Å². The average Bonchev–Trinajstić information content (AvgIpc) is 2.39. The molecule has 2 aromatic rings. The number of nitrogens with zero attached hydrogens (tertiary/aromatic N) is 2. The van der Waals surface area contributed by atoms with Crippen molar-refractivity contribution in [3.8, 4) is 0 Å². The first-order valence-electron chi connectivity index (χ1n) is 5.71. The second-order valence-corrected chi connectivity index (χ2v) is 5.12. The van der Waals surface area contributed by atoms with E-state index >= 15 is 0 Å². The van der Waals surface area contributed by atoms with E-state index in [1.165, 1.54) is 5.56 Å². The van der Waals surface area contributed by atoms with Crippen molar-refractivity contribution in [2.75, 3.05) is 11.9 Å². The molecular formula is C13H14ClN3S. The van der Waals surface area contributed by atoms with Gasteiger partial charge in [0.1, 0.15) is 17.2 Å². The highest BCUT2D eigenvalue weighted by molar-refractivity contribution is 7.98. The van der Waals surface area contributed by atoms with Crippen LogP contribution in [0.4, 0.5) is 5.82 Å². The van der Waals surface area contributed by atoms with Crippen LogP contribution in [0.5, 0.6) is 0 Å². The first kappa shape index (κ1) is 13.2. The van der Waals surface area contributed by atoms with Gasteiger partial charge in [0.05, 0.1) is 0 Å². The van der Waals surface area contributed by atoms with Gasteiger partial charge in [0, 0.05) is 23.4 Å². The minimum Gasteiger partial charge on any atom is -0.370 e. The fraction of sp³-hybridized carbons (Fsp3) is 0.231. The molecule has 18 heavy (non-hydrogen) atoms. The zero-order chi connectivity index (χ0) is 12.8. The lowest BCUT2D eigenvalue weighted by molar-refractivity contribution is 1.03. The summed E-state index contributed by atoms with van der Waals surface area (Å²) in [5.74, 6) is 1.74. The topological polar surface area (TPSA) is 37.8 Å². The molecule has 0 spiro atoms. The fourth-order valence-corrected chi connectivity index (χ4v) is 2.38. The fourth-order valence-electron chi connectivity index (χ4n) is 1.43. The molecule has 1 heterocycles. The Morgan fingerprint density at radius 2 is 2.00 bits per heavy atom. The summed E-state index contributed by atoms with van der Waals surface area (Å²) in [6, 6.07) is 9.83. The number of nitrogens with one attached hydrogen (secondary N) is 1. The molecule has 0 radical (unpaired) electrons. The van der Waals surface area contributed by atoms with E-state index < -0.39 is 0 Å². The second-order valence-electron chi connectivity index (χ2n) is 3.69. The maximum Gasteiger partial charge on any atom is 0.130 e. The third kappa shape index (κ3) is 3.89. The van der Waals surface area contributed by atoms with Crippen LogP contribution in [0, 0.1) is 0 Å². The summed E-state index contributed by atoms with van der Waals surface area (Å²) in [6.07, 6.45) is 1.59. The summed E-state index contributed by atoms with van der Waals surface area (Å²) < 4.78 is 0. The van der Waals surface area contributed by atoms with Gasteiger partial charge in [0.2, 0.25) is 0 Å². The van der Waals surface area contributed by atoms with Gasteiger partial charge in [-0.2, -0.15) is 0 Å². The van der Waals surface area contributed by atoms with E-state index in [4.69, 9.17) is 11.6 Å². The van der Waals surface area contributed by atoms with Crippen molar-refractivity contribution in [3.63, 3.8) is 0 Å². The molecule has 1 N–H and O–H groups in total. The molecule has 0 unspecified atom stereocenters. The first-order valence-corrected chi connectivity index (χ1v) is 7.07. The number of anilines is 1. The smallest absolute Gasteiger partial charge is 0.130 e. The molecule has 0 aliphatic heterocycles. The van der Waals surface area contributed by atoms with Gasteiger partial charge in [-0.25, -0.2) is 9.97 Å². The molecule has 0 bridgehead atoms. The van der Waals surface area contributed by atoms with Crippen LogP contribution in [0.2, 0.25) is 5.02 Å². The minimum atomic E-state index is 0.764. The number of benzene rings is 1. The molecule has 0 aliphatic rings. The monoisotopic (exact) mass is 279 g/mol. The van der Waals surface area contributed by atoms with Crippen LogP contribution in [0.25, 0.3) is 0 Å². The number of halogens is 1. The number of rotatable bonds is 5. The molecule has 0 fully saturated rings. The maximum atomic E-state index is 5.85. The van der Waals surface area contributed by atoms with Gasteiger partial charge in [-0.3, -0.25) is 0 Å². The Kier molecular flexibility index (Phi) is 4.84. The van der Waals surface area contributed by atoms with Crippen LogP contribution in [0.1, 0.15) is 12.5 Å². The lowest BCUT2D eigenvalue weighted by atomic mass is 10.2. The van der Waals surface area contributed by atoms with E-state index in [1.54, 1.807) is 18.1 Å². The van der Waals surface area contributed by atoms with Gasteiger partial charge in [0.15, 0.2) is 0 Å². The first-order chi connectivity index (χ1) is 8.78. The van der Waals surface area contributed by atoms with Gasteiger partial charge in [-0.05, 0) is 24.6 Å². The molecule has 1 aromatic heterocycles. The van der Waals surface area contributed by atoms with E-state index in [0.29, 0.717) is 0 Å². The predicted molar refractivity (Wildman–Crippen MR) is 77.2 cm³/mol. The zero-order valence-corrected chi connectivity index (χ0v) is 11.6. The summed E-state index contributed by atoms with van der Waals surface area (Å²) in [4.78, 5) is 8.38. The van der Waals surface area contributed by atoms with Crippen LogP contribution in [0.15, 0.2) is 41.7 Å². The third-order valence-corrected chi connectivity index (χ3v) is 3.55. The Bertz CT molecular complexity index is 502. The van der Waals surface area contributed by atoms with Crippen molar-refractivity contribution in [3.05, 3.63) is 47.2 Å². The van der Waals surface area contributed by atoms with E-state index in [2.05, 4.69) is 15.3 Å². The van der Waals surface area contributed by atoms with Crippen molar-refractivity contribution in [1.82, 2.24) is 9.97 Å². The third-order valence-electron chi connectivity index (χ3n) is 2.30. The van der Waals surface area contributed by atoms with Crippen molar-refractivity contribution < 1.29 is 0 Å². The molecule has 3 nitrogen and oxygen atoms in total. The molecule has 94 valence electrons. The second kappa shape index (κ2) is 6.61. The Labute approximate surface area is 116 Å². The van der Waals surface area contributed by atoms with Crippen LogP contribution in [0.3, 0.4) is 0 Å².